The summed E-state index contributed by atoms with van der Waals surface area (Å²) in [7, 11) is 0. The SMILES string of the molecule is CC(C)(C)NC(CC(=O)[O-])C(=O)C(C)(C)C. The lowest BCUT2D eigenvalue weighted by atomic mass is 9.84. The second kappa shape index (κ2) is 4.95. The molecule has 0 saturated heterocycles. The van der Waals surface area contributed by atoms with Crippen molar-refractivity contribution >= 4 is 11.8 Å². The summed E-state index contributed by atoms with van der Waals surface area (Å²) in [6, 6.07) is -0.690. The van der Waals surface area contributed by atoms with E-state index in [0.29, 0.717) is 0 Å². The molecule has 0 aliphatic heterocycles. The van der Waals surface area contributed by atoms with Gasteiger partial charge in [0.15, 0.2) is 5.78 Å². The molecule has 0 rings (SSSR count). The minimum atomic E-state index is -1.21. The third-order valence-electron chi connectivity index (χ3n) is 2.03. The Morgan fingerprint density at radius 1 is 1.12 bits per heavy atom. The summed E-state index contributed by atoms with van der Waals surface area (Å²) in [6.45, 7) is 11.0. The maximum absolute atomic E-state index is 12.0. The molecule has 0 fully saturated rings. The molecule has 1 N–H and O–H groups in total. The number of ketones is 1. The number of carbonyl (C=O) groups is 2. The van der Waals surface area contributed by atoms with Crippen LogP contribution in [-0.4, -0.2) is 23.3 Å². The van der Waals surface area contributed by atoms with E-state index in [1.54, 1.807) is 20.8 Å². The van der Waals surface area contributed by atoms with E-state index in [1.165, 1.54) is 0 Å². The van der Waals surface area contributed by atoms with Gasteiger partial charge in [0.1, 0.15) is 0 Å². The number of hydrogen-bond acceptors (Lipinski definition) is 4. The first-order chi connectivity index (χ1) is 6.93. The van der Waals surface area contributed by atoms with E-state index in [9.17, 15) is 14.7 Å². The highest BCUT2D eigenvalue weighted by molar-refractivity contribution is 5.91. The van der Waals surface area contributed by atoms with Crippen molar-refractivity contribution in [2.45, 2.75) is 59.5 Å². The van der Waals surface area contributed by atoms with Crippen molar-refractivity contribution in [3.05, 3.63) is 0 Å². The first kappa shape index (κ1) is 15.1. The molecular formula is C12H22NO3-. The smallest absolute Gasteiger partial charge is 0.155 e. The normalized spacial score (nSPS) is 14.6. The van der Waals surface area contributed by atoms with Gasteiger partial charge in [-0.25, -0.2) is 0 Å². The topological polar surface area (TPSA) is 69.2 Å². The van der Waals surface area contributed by atoms with Gasteiger partial charge in [-0.2, -0.15) is 0 Å². The monoisotopic (exact) mass is 228 g/mol. The summed E-state index contributed by atoms with van der Waals surface area (Å²) >= 11 is 0. The van der Waals surface area contributed by atoms with Gasteiger partial charge in [0, 0.05) is 23.3 Å². The van der Waals surface area contributed by atoms with E-state index in [-0.39, 0.29) is 17.7 Å². The first-order valence-electron chi connectivity index (χ1n) is 5.45. The summed E-state index contributed by atoms with van der Waals surface area (Å²) in [4.78, 5) is 22.6. The van der Waals surface area contributed by atoms with Crippen LogP contribution in [-0.2, 0) is 9.59 Å². The Morgan fingerprint density at radius 2 is 1.56 bits per heavy atom. The number of hydrogen-bond donors (Lipinski definition) is 1. The van der Waals surface area contributed by atoms with E-state index in [2.05, 4.69) is 5.32 Å². The molecule has 0 aliphatic carbocycles. The second-order valence-electron chi connectivity index (χ2n) is 6.14. The molecule has 16 heavy (non-hydrogen) atoms. The van der Waals surface area contributed by atoms with Crippen molar-refractivity contribution in [2.75, 3.05) is 0 Å². The van der Waals surface area contributed by atoms with Gasteiger partial charge in [-0.15, -0.1) is 0 Å². The number of carboxylic acid groups (broad SMARTS) is 1. The van der Waals surface area contributed by atoms with Gasteiger partial charge in [-0.1, -0.05) is 20.8 Å². The molecule has 0 aromatic carbocycles. The summed E-state index contributed by atoms with van der Waals surface area (Å²) in [5, 5.41) is 13.6. The minimum absolute atomic E-state index is 0.105. The van der Waals surface area contributed by atoms with Gasteiger partial charge in [0.05, 0.1) is 6.04 Å². The highest BCUT2D eigenvalue weighted by Crippen LogP contribution is 2.19. The van der Waals surface area contributed by atoms with E-state index in [4.69, 9.17) is 0 Å². The van der Waals surface area contributed by atoms with Crippen molar-refractivity contribution in [1.82, 2.24) is 5.32 Å². The van der Waals surface area contributed by atoms with Crippen LogP contribution in [0.25, 0.3) is 0 Å². The predicted octanol–water partition coefficient (Wildman–Crippen LogP) is 0.498. The van der Waals surface area contributed by atoms with Crippen molar-refractivity contribution in [3.8, 4) is 0 Å². The Labute approximate surface area is 97.4 Å². The average molecular weight is 228 g/mol. The average Bonchev–Trinajstić information content (AvgIpc) is 1.96. The molecule has 0 aromatic heterocycles. The molecule has 1 unspecified atom stereocenters. The fraction of sp³-hybridized carbons (Fsp3) is 0.833. The lowest BCUT2D eigenvalue weighted by Crippen LogP contribution is -2.52. The van der Waals surface area contributed by atoms with Crippen molar-refractivity contribution in [2.24, 2.45) is 5.41 Å². The molecule has 0 saturated carbocycles. The molecule has 4 heteroatoms. The third kappa shape index (κ3) is 5.85. The molecule has 0 aliphatic rings. The molecule has 4 nitrogen and oxygen atoms in total. The molecule has 94 valence electrons. The molecule has 0 aromatic rings. The lowest BCUT2D eigenvalue weighted by Gasteiger charge is -2.32. The van der Waals surface area contributed by atoms with Crippen LogP contribution in [0.5, 0.6) is 0 Å². The van der Waals surface area contributed by atoms with Gasteiger partial charge >= 0.3 is 0 Å². The summed E-state index contributed by atoms with van der Waals surface area (Å²) in [5.41, 5.74) is -0.862. The zero-order valence-electron chi connectivity index (χ0n) is 11.0. The van der Waals surface area contributed by atoms with E-state index < -0.39 is 17.4 Å². The maximum atomic E-state index is 12.0. The van der Waals surface area contributed by atoms with E-state index >= 15 is 0 Å². The predicted molar refractivity (Wildman–Crippen MR) is 60.8 cm³/mol. The largest absolute Gasteiger partial charge is 0.550 e. The zero-order chi connectivity index (χ0) is 13.1. The third-order valence-corrected chi connectivity index (χ3v) is 2.03. The minimum Gasteiger partial charge on any atom is -0.550 e. The Morgan fingerprint density at radius 3 is 1.81 bits per heavy atom. The Kier molecular flexibility index (Phi) is 4.68. The van der Waals surface area contributed by atoms with Crippen molar-refractivity contribution in [1.29, 1.82) is 0 Å². The summed E-state index contributed by atoms with van der Waals surface area (Å²) < 4.78 is 0. The standard InChI is InChI=1S/C12H23NO3/c1-11(2,3)10(16)8(7-9(14)15)13-12(4,5)6/h8,13H,7H2,1-6H3,(H,14,15)/p-1. The van der Waals surface area contributed by atoms with Gasteiger partial charge in [-0.3, -0.25) is 4.79 Å². The van der Waals surface area contributed by atoms with Gasteiger partial charge in [-0.05, 0) is 20.8 Å². The summed E-state index contributed by atoms with van der Waals surface area (Å²) in [5.74, 6) is -1.31. The zero-order valence-corrected chi connectivity index (χ0v) is 11.0. The fourth-order valence-electron chi connectivity index (χ4n) is 1.42. The van der Waals surface area contributed by atoms with Crippen LogP contribution in [0.1, 0.15) is 48.0 Å². The van der Waals surface area contributed by atoms with Crippen LogP contribution in [0, 0.1) is 5.41 Å². The first-order valence-corrected chi connectivity index (χ1v) is 5.45. The molecular weight excluding hydrogens is 206 g/mol. The second-order valence-corrected chi connectivity index (χ2v) is 6.14. The quantitative estimate of drug-likeness (QED) is 0.760. The van der Waals surface area contributed by atoms with Crippen LogP contribution < -0.4 is 10.4 Å². The van der Waals surface area contributed by atoms with Crippen LogP contribution in [0.3, 0.4) is 0 Å². The van der Waals surface area contributed by atoms with Crippen LogP contribution in [0.2, 0.25) is 0 Å². The number of carbonyl (C=O) groups excluding carboxylic acids is 2. The Balaban J connectivity index is 4.81. The molecule has 0 radical (unpaired) electrons. The maximum Gasteiger partial charge on any atom is 0.155 e. The fourth-order valence-corrected chi connectivity index (χ4v) is 1.42. The molecule has 0 heterocycles. The molecule has 0 amide bonds. The van der Waals surface area contributed by atoms with Crippen molar-refractivity contribution in [3.63, 3.8) is 0 Å². The molecule has 0 spiro atoms. The van der Waals surface area contributed by atoms with Crippen LogP contribution in [0.4, 0.5) is 0 Å². The van der Waals surface area contributed by atoms with Crippen molar-refractivity contribution < 1.29 is 14.7 Å². The van der Waals surface area contributed by atoms with E-state index in [1.807, 2.05) is 20.8 Å². The molecule has 0 bridgehead atoms. The highest BCUT2D eigenvalue weighted by Gasteiger charge is 2.31. The Bertz CT molecular complexity index is 271. The van der Waals surface area contributed by atoms with Gasteiger partial charge < -0.3 is 15.2 Å². The summed E-state index contributed by atoms with van der Waals surface area (Å²) in [6.07, 6.45) is -0.284. The van der Waals surface area contributed by atoms with Crippen LogP contribution >= 0.6 is 0 Å². The number of carboxylic acids is 1. The lowest BCUT2D eigenvalue weighted by molar-refractivity contribution is -0.306. The van der Waals surface area contributed by atoms with E-state index in [0.717, 1.165) is 0 Å². The van der Waals surface area contributed by atoms with Crippen LogP contribution in [0.15, 0.2) is 0 Å². The van der Waals surface area contributed by atoms with Gasteiger partial charge in [0.25, 0.3) is 0 Å². The molecule has 1 atom stereocenters. The Hall–Kier alpha value is -0.900. The number of rotatable bonds is 4. The number of Topliss-reactive ketones (excluding diaryl/α,β-unsaturated/α-hetero) is 1. The highest BCUT2D eigenvalue weighted by atomic mass is 16.4. The number of nitrogens with one attached hydrogen (secondary N) is 1. The number of aliphatic carboxylic acids is 1. The van der Waals surface area contributed by atoms with Gasteiger partial charge in [0.2, 0.25) is 0 Å².